The number of aliphatic carboxylic acids is 1. The van der Waals surface area contributed by atoms with Crippen molar-refractivity contribution in [2.24, 2.45) is 0 Å². The average Bonchev–Trinajstić information content (AvgIpc) is 2.31. The summed E-state index contributed by atoms with van der Waals surface area (Å²) in [5, 5.41) is 12.1. The van der Waals surface area contributed by atoms with Crippen molar-refractivity contribution in [3.05, 3.63) is 11.6 Å². The highest BCUT2D eigenvalue weighted by Gasteiger charge is 2.01. The molecule has 0 amide bonds. The average molecular weight is 241 g/mol. The zero-order chi connectivity index (χ0) is 12.9. The Morgan fingerprint density at radius 1 is 1.12 bits per heavy atom. The predicted molar refractivity (Wildman–Crippen MR) is 72.3 cm³/mol. The molecule has 0 heterocycles. The first-order valence-electron chi connectivity index (χ1n) is 6.85. The van der Waals surface area contributed by atoms with Crippen molar-refractivity contribution in [1.29, 1.82) is 0 Å². The van der Waals surface area contributed by atoms with Gasteiger partial charge in [-0.05, 0) is 19.4 Å². The minimum absolute atomic E-state index is 0.500. The molecule has 3 heteroatoms. The molecule has 0 fully saturated rings. The van der Waals surface area contributed by atoms with Crippen molar-refractivity contribution in [3.63, 3.8) is 0 Å². The molecule has 0 saturated heterocycles. The number of carboxylic acid groups (broad SMARTS) is 1. The lowest BCUT2D eigenvalue weighted by Crippen LogP contribution is -2.16. The van der Waals surface area contributed by atoms with Crippen LogP contribution in [0.4, 0.5) is 0 Å². The van der Waals surface area contributed by atoms with Crippen molar-refractivity contribution in [2.75, 3.05) is 13.1 Å². The standard InChI is InChI=1S/C14H27NO2/c1-3-5-6-7-8-9-11-15-12-10-13(4-2)14(16)17/h10,15H,3-9,11-12H2,1-2H3,(H,16,17)/b13-10-. The highest BCUT2D eigenvalue weighted by Crippen LogP contribution is 2.04. The van der Waals surface area contributed by atoms with Gasteiger partial charge in [0.2, 0.25) is 0 Å². The zero-order valence-electron chi connectivity index (χ0n) is 11.3. The Balaban J connectivity index is 3.36. The lowest BCUT2D eigenvalue weighted by atomic mass is 10.1. The summed E-state index contributed by atoms with van der Waals surface area (Å²) in [6.07, 6.45) is 10.1. The maximum Gasteiger partial charge on any atom is 0.331 e. The van der Waals surface area contributed by atoms with Gasteiger partial charge in [-0.1, -0.05) is 52.0 Å². The van der Waals surface area contributed by atoms with Crippen LogP contribution in [0, 0.1) is 0 Å². The molecule has 0 aromatic carbocycles. The van der Waals surface area contributed by atoms with Crippen LogP contribution in [0.2, 0.25) is 0 Å². The molecule has 17 heavy (non-hydrogen) atoms. The molecule has 0 aliphatic rings. The zero-order valence-corrected chi connectivity index (χ0v) is 11.3. The molecule has 0 atom stereocenters. The normalized spacial score (nSPS) is 11.8. The summed E-state index contributed by atoms with van der Waals surface area (Å²) in [6, 6.07) is 0. The fraction of sp³-hybridized carbons (Fsp3) is 0.786. The van der Waals surface area contributed by atoms with Gasteiger partial charge in [-0.25, -0.2) is 4.79 Å². The van der Waals surface area contributed by atoms with Gasteiger partial charge in [-0.15, -0.1) is 0 Å². The lowest BCUT2D eigenvalue weighted by molar-refractivity contribution is -0.132. The molecular weight excluding hydrogens is 214 g/mol. The van der Waals surface area contributed by atoms with Gasteiger partial charge in [0.25, 0.3) is 0 Å². The van der Waals surface area contributed by atoms with E-state index in [9.17, 15) is 4.79 Å². The molecule has 0 aromatic heterocycles. The smallest absolute Gasteiger partial charge is 0.331 e. The fourth-order valence-corrected chi connectivity index (χ4v) is 1.71. The summed E-state index contributed by atoms with van der Waals surface area (Å²) in [7, 11) is 0. The second-order valence-corrected chi connectivity index (χ2v) is 4.36. The van der Waals surface area contributed by atoms with Crippen LogP contribution in [0.25, 0.3) is 0 Å². The Morgan fingerprint density at radius 2 is 1.76 bits per heavy atom. The molecule has 0 unspecified atom stereocenters. The first-order valence-corrected chi connectivity index (χ1v) is 6.85. The third-order valence-corrected chi connectivity index (χ3v) is 2.86. The molecule has 0 rings (SSSR count). The van der Waals surface area contributed by atoms with Gasteiger partial charge in [0.05, 0.1) is 0 Å². The molecule has 3 nitrogen and oxygen atoms in total. The Morgan fingerprint density at radius 3 is 2.35 bits per heavy atom. The minimum Gasteiger partial charge on any atom is -0.478 e. The van der Waals surface area contributed by atoms with Crippen LogP contribution in [-0.4, -0.2) is 24.2 Å². The maximum absolute atomic E-state index is 10.7. The van der Waals surface area contributed by atoms with Gasteiger partial charge in [0.15, 0.2) is 0 Å². The number of hydrogen-bond donors (Lipinski definition) is 2. The SMILES string of the molecule is CCCCCCCCNC/C=C(/CC)C(=O)O. The number of hydrogen-bond acceptors (Lipinski definition) is 2. The van der Waals surface area contributed by atoms with Crippen molar-refractivity contribution < 1.29 is 9.90 Å². The van der Waals surface area contributed by atoms with Gasteiger partial charge >= 0.3 is 5.97 Å². The second-order valence-electron chi connectivity index (χ2n) is 4.36. The van der Waals surface area contributed by atoms with E-state index in [0.717, 1.165) is 6.54 Å². The molecule has 0 aliphatic carbocycles. The number of carboxylic acids is 1. The van der Waals surface area contributed by atoms with Gasteiger partial charge in [0, 0.05) is 12.1 Å². The first kappa shape index (κ1) is 16.2. The first-order chi connectivity index (χ1) is 8.22. The Labute approximate surface area is 105 Å². The number of carbonyl (C=O) groups is 1. The van der Waals surface area contributed by atoms with Crippen LogP contribution >= 0.6 is 0 Å². The van der Waals surface area contributed by atoms with Crippen LogP contribution in [-0.2, 0) is 4.79 Å². The van der Waals surface area contributed by atoms with Crippen LogP contribution < -0.4 is 5.32 Å². The third kappa shape index (κ3) is 10.1. The Kier molecular flexibility index (Phi) is 11.1. The Hall–Kier alpha value is -0.830. The number of rotatable bonds is 11. The lowest BCUT2D eigenvalue weighted by Gasteiger charge is -2.03. The van der Waals surface area contributed by atoms with E-state index in [1.165, 1.54) is 38.5 Å². The van der Waals surface area contributed by atoms with E-state index < -0.39 is 5.97 Å². The van der Waals surface area contributed by atoms with Crippen LogP contribution in [0.15, 0.2) is 11.6 Å². The summed E-state index contributed by atoms with van der Waals surface area (Å²) >= 11 is 0. The largest absolute Gasteiger partial charge is 0.478 e. The van der Waals surface area contributed by atoms with Crippen molar-refractivity contribution >= 4 is 5.97 Å². The quantitative estimate of drug-likeness (QED) is 0.431. The topological polar surface area (TPSA) is 49.3 Å². The molecular formula is C14H27NO2. The predicted octanol–water partition coefficient (Wildman–Crippen LogP) is 3.36. The van der Waals surface area contributed by atoms with Gasteiger partial charge in [-0.3, -0.25) is 0 Å². The second kappa shape index (κ2) is 11.6. The van der Waals surface area contributed by atoms with E-state index in [0.29, 0.717) is 18.5 Å². The maximum atomic E-state index is 10.7. The molecule has 0 bridgehead atoms. The van der Waals surface area contributed by atoms with Gasteiger partial charge in [0.1, 0.15) is 0 Å². The van der Waals surface area contributed by atoms with Crippen molar-refractivity contribution in [2.45, 2.75) is 58.8 Å². The third-order valence-electron chi connectivity index (χ3n) is 2.86. The fourth-order valence-electron chi connectivity index (χ4n) is 1.71. The molecule has 0 aliphatic heterocycles. The minimum atomic E-state index is -0.797. The summed E-state index contributed by atoms with van der Waals surface area (Å²) in [5.41, 5.74) is 0.500. The van der Waals surface area contributed by atoms with E-state index in [1.54, 1.807) is 6.08 Å². The van der Waals surface area contributed by atoms with Crippen LogP contribution in [0.3, 0.4) is 0 Å². The van der Waals surface area contributed by atoms with Gasteiger partial charge in [-0.2, -0.15) is 0 Å². The molecule has 100 valence electrons. The summed E-state index contributed by atoms with van der Waals surface area (Å²) in [4.78, 5) is 10.7. The number of unbranched alkanes of at least 4 members (excludes halogenated alkanes) is 5. The molecule has 0 saturated carbocycles. The highest BCUT2D eigenvalue weighted by molar-refractivity contribution is 5.86. The highest BCUT2D eigenvalue weighted by atomic mass is 16.4. The molecule has 2 N–H and O–H groups in total. The van der Waals surface area contributed by atoms with E-state index >= 15 is 0 Å². The van der Waals surface area contributed by atoms with E-state index in [2.05, 4.69) is 12.2 Å². The molecule has 0 aromatic rings. The van der Waals surface area contributed by atoms with Gasteiger partial charge < -0.3 is 10.4 Å². The van der Waals surface area contributed by atoms with E-state index in [-0.39, 0.29) is 0 Å². The summed E-state index contributed by atoms with van der Waals surface area (Å²) in [6.45, 7) is 5.75. The monoisotopic (exact) mass is 241 g/mol. The summed E-state index contributed by atoms with van der Waals surface area (Å²) in [5.74, 6) is -0.797. The Bertz CT molecular complexity index is 224. The molecule has 0 radical (unpaired) electrons. The van der Waals surface area contributed by atoms with Crippen molar-refractivity contribution in [1.82, 2.24) is 5.32 Å². The molecule has 0 spiro atoms. The van der Waals surface area contributed by atoms with Crippen LogP contribution in [0.1, 0.15) is 58.8 Å². The van der Waals surface area contributed by atoms with E-state index in [4.69, 9.17) is 5.11 Å². The van der Waals surface area contributed by atoms with Crippen molar-refractivity contribution in [3.8, 4) is 0 Å². The summed E-state index contributed by atoms with van der Waals surface area (Å²) < 4.78 is 0. The van der Waals surface area contributed by atoms with Crippen LogP contribution in [0.5, 0.6) is 0 Å². The van der Waals surface area contributed by atoms with E-state index in [1.807, 2.05) is 6.92 Å². The number of nitrogens with one attached hydrogen (secondary N) is 1.